The molecule has 1 unspecified atom stereocenters. The summed E-state index contributed by atoms with van der Waals surface area (Å²) < 4.78 is 25.3. The summed E-state index contributed by atoms with van der Waals surface area (Å²) in [6, 6.07) is 8.20. The Balaban J connectivity index is 2.56. The molecule has 0 radical (unpaired) electrons. The van der Waals surface area contributed by atoms with Gasteiger partial charge in [-0.3, -0.25) is 0 Å². The summed E-state index contributed by atoms with van der Waals surface area (Å²) in [5.74, 6) is 0.563. The second-order valence-corrected chi connectivity index (χ2v) is 5.85. The lowest BCUT2D eigenvalue weighted by Crippen LogP contribution is -2.02. The van der Waals surface area contributed by atoms with Crippen LogP contribution >= 0.6 is 39.1 Å². The maximum absolute atomic E-state index is 14.1. The highest BCUT2D eigenvalue weighted by Crippen LogP contribution is 2.44. The highest BCUT2D eigenvalue weighted by Gasteiger charge is 2.23. The van der Waals surface area contributed by atoms with Gasteiger partial charge in [0.05, 0.1) is 24.6 Å². The fourth-order valence-corrected chi connectivity index (χ4v) is 3.21. The molecule has 0 aliphatic rings. The summed E-state index contributed by atoms with van der Waals surface area (Å²) in [4.78, 5) is 0. The molecule has 0 heterocycles. The third-order valence-corrected chi connectivity index (χ3v) is 4.56. The Labute approximate surface area is 140 Å². The average Bonchev–Trinajstić information content (AvgIpc) is 2.49. The van der Waals surface area contributed by atoms with Gasteiger partial charge < -0.3 is 9.47 Å². The zero-order chi connectivity index (χ0) is 15.6. The summed E-state index contributed by atoms with van der Waals surface area (Å²) in [6.45, 7) is 0. The van der Waals surface area contributed by atoms with E-state index in [4.69, 9.17) is 32.7 Å². The Bertz CT molecular complexity index is 664. The fraction of sp³-hybridized carbons (Fsp3) is 0.200. The van der Waals surface area contributed by atoms with Crippen molar-refractivity contribution >= 4 is 39.1 Å². The van der Waals surface area contributed by atoms with Crippen molar-refractivity contribution in [1.82, 2.24) is 0 Å². The molecule has 6 heteroatoms. The van der Waals surface area contributed by atoms with Crippen molar-refractivity contribution in [3.05, 3.63) is 56.8 Å². The highest BCUT2D eigenvalue weighted by molar-refractivity contribution is 9.10. The first kappa shape index (κ1) is 16.4. The van der Waals surface area contributed by atoms with Gasteiger partial charge in [0.1, 0.15) is 21.8 Å². The zero-order valence-corrected chi connectivity index (χ0v) is 14.4. The number of hydrogen-bond acceptors (Lipinski definition) is 2. The second kappa shape index (κ2) is 6.86. The first-order valence-electron chi connectivity index (χ1n) is 5.99. The SMILES string of the molecule is COc1ccc(C(Cl)c2cccc(Cl)c2F)c(OC)c1Br. The van der Waals surface area contributed by atoms with Crippen molar-refractivity contribution in [1.29, 1.82) is 0 Å². The first-order chi connectivity index (χ1) is 10.0. The van der Waals surface area contributed by atoms with Gasteiger partial charge in [-0.15, -0.1) is 11.6 Å². The minimum Gasteiger partial charge on any atom is -0.495 e. The van der Waals surface area contributed by atoms with Gasteiger partial charge in [0.15, 0.2) is 0 Å². The summed E-state index contributed by atoms with van der Waals surface area (Å²) in [5.41, 5.74) is 0.910. The van der Waals surface area contributed by atoms with Gasteiger partial charge in [-0.05, 0) is 34.1 Å². The summed E-state index contributed by atoms with van der Waals surface area (Å²) in [6.07, 6.45) is 0. The molecule has 0 N–H and O–H groups in total. The Morgan fingerprint density at radius 3 is 2.43 bits per heavy atom. The third-order valence-electron chi connectivity index (χ3n) is 3.04. The lowest BCUT2D eigenvalue weighted by atomic mass is 10.0. The van der Waals surface area contributed by atoms with Crippen LogP contribution in [0.5, 0.6) is 11.5 Å². The molecular weight excluding hydrogens is 382 g/mol. The van der Waals surface area contributed by atoms with E-state index in [1.807, 2.05) is 0 Å². The topological polar surface area (TPSA) is 18.5 Å². The molecule has 2 nitrogen and oxygen atoms in total. The molecule has 0 aliphatic heterocycles. The number of ether oxygens (including phenoxy) is 2. The van der Waals surface area contributed by atoms with E-state index in [0.29, 0.717) is 27.1 Å². The number of methoxy groups -OCH3 is 2. The van der Waals surface area contributed by atoms with Crippen molar-refractivity contribution in [2.24, 2.45) is 0 Å². The highest BCUT2D eigenvalue weighted by atomic mass is 79.9. The number of halogens is 4. The van der Waals surface area contributed by atoms with E-state index in [9.17, 15) is 4.39 Å². The van der Waals surface area contributed by atoms with Crippen LogP contribution in [0.15, 0.2) is 34.8 Å². The molecular formula is C15H12BrCl2FO2. The van der Waals surface area contributed by atoms with Crippen LogP contribution in [-0.4, -0.2) is 14.2 Å². The van der Waals surface area contributed by atoms with E-state index in [-0.39, 0.29) is 5.02 Å². The Morgan fingerprint density at radius 2 is 1.81 bits per heavy atom. The predicted molar refractivity (Wildman–Crippen MR) is 86.4 cm³/mol. The molecule has 0 amide bonds. The molecule has 2 aromatic carbocycles. The normalized spacial score (nSPS) is 12.1. The lowest BCUT2D eigenvalue weighted by Gasteiger charge is -2.18. The standard InChI is InChI=1S/C15H12BrCl2FO2/c1-20-11-7-6-9(15(21-2)12(11)16)13(18)8-4-3-5-10(17)14(8)19/h3-7,13H,1-2H3. The molecule has 0 saturated heterocycles. The van der Waals surface area contributed by atoms with Crippen LogP contribution in [0.25, 0.3) is 0 Å². The van der Waals surface area contributed by atoms with E-state index in [1.165, 1.54) is 13.2 Å². The van der Waals surface area contributed by atoms with E-state index in [2.05, 4.69) is 15.9 Å². The summed E-state index contributed by atoms with van der Waals surface area (Å²) in [5, 5.41) is -0.703. The molecule has 0 fully saturated rings. The number of rotatable bonds is 4. The molecule has 1 atom stereocenters. The van der Waals surface area contributed by atoms with Crippen LogP contribution in [-0.2, 0) is 0 Å². The minimum absolute atomic E-state index is 0.0321. The Kier molecular flexibility index (Phi) is 5.36. The lowest BCUT2D eigenvalue weighted by molar-refractivity contribution is 0.386. The van der Waals surface area contributed by atoms with Crippen LogP contribution in [0, 0.1) is 5.82 Å². The van der Waals surface area contributed by atoms with Crippen LogP contribution < -0.4 is 9.47 Å². The molecule has 21 heavy (non-hydrogen) atoms. The minimum atomic E-state index is -0.735. The largest absolute Gasteiger partial charge is 0.495 e. The van der Waals surface area contributed by atoms with Gasteiger partial charge in [0, 0.05) is 11.1 Å². The third kappa shape index (κ3) is 3.12. The van der Waals surface area contributed by atoms with Gasteiger partial charge in [-0.2, -0.15) is 0 Å². The van der Waals surface area contributed by atoms with Crippen molar-refractivity contribution in [2.45, 2.75) is 5.38 Å². The fourth-order valence-electron chi connectivity index (χ4n) is 2.00. The van der Waals surface area contributed by atoms with Crippen LogP contribution in [0.4, 0.5) is 4.39 Å². The molecule has 0 saturated carbocycles. The molecule has 112 valence electrons. The Morgan fingerprint density at radius 1 is 1.10 bits per heavy atom. The van der Waals surface area contributed by atoms with Gasteiger partial charge in [-0.1, -0.05) is 23.7 Å². The average molecular weight is 394 g/mol. The smallest absolute Gasteiger partial charge is 0.146 e. The maximum Gasteiger partial charge on any atom is 0.146 e. The second-order valence-electron chi connectivity index (χ2n) is 4.21. The van der Waals surface area contributed by atoms with E-state index in [0.717, 1.165) is 0 Å². The van der Waals surface area contributed by atoms with E-state index >= 15 is 0 Å². The molecule has 0 aliphatic carbocycles. The van der Waals surface area contributed by atoms with Gasteiger partial charge in [0.2, 0.25) is 0 Å². The van der Waals surface area contributed by atoms with Crippen molar-refractivity contribution < 1.29 is 13.9 Å². The van der Waals surface area contributed by atoms with Gasteiger partial charge in [-0.25, -0.2) is 4.39 Å². The first-order valence-corrected chi connectivity index (χ1v) is 7.60. The van der Waals surface area contributed by atoms with Gasteiger partial charge in [0.25, 0.3) is 0 Å². The molecule has 0 aromatic heterocycles. The molecule has 2 aromatic rings. The number of alkyl halides is 1. The summed E-state index contributed by atoms with van der Waals surface area (Å²) in [7, 11) is 3.06. The van der Waals surface area contributed by atoms with Crippen LogP contribution in [0.1, 0.15) is 16.5 Å². The van der Waals surface area contributed by atoms with Crippen LogP contribution in [0.2, 0.25) is 5.02 Å². The van der Waals surface area contributed by atoms with Crippen LogP contribution in [0.3, 0.4) is 0 Å². The molecule has 2 rings (SSSR count). The van der Waals surface area contributed by atoms with E-state index < -0.39 is 11.2 Å². The predicted octanol–water partition coefficient (Wildman–Crippen LogP) is 5.59. The number of hydrogen-bond donors (Lipinski definition) is 0. The molecule has 0 bridgehead atoms. The van der Waals surface area contributed by atoms with Crippen molar-refractivity contribution in [3.63, 3.8) is 0 Å². The zero-order valence-electron chi connectivity index (χ0n) is 11.3. The number of benzene rings is 2. The van der Waals surface area contributed by atoms with Crippen molar-refractivity contribution in [3.8, 4) is 11.5 Å². The van der Waals surface area contributed by atoms with Crippen molar-refractivity contribution in [2.75, 3.05) is 14.2 Å². The molecule has 0 spiro atoms. The van der Waals surface area contributed by atoms with Gasteiger partial charge >= 0.3 is 0 Å². The summed E-state index contributed by atoms with van der Waals surface area (Å²) >= 11 is 15.6. The van der Waals surface area contributed by atoms with E-state index in [1.54, 1.807) is 31.4 Å². The Hall–Kier alpha value is -0.970. The maximum atomic E-state index is 14.1. The monoisotopic (exact) mass is 392 g/mol. The quantitative estimate of drug-likeness (QED) is 0.630.